The average Bonchev–Trinajstić information content (AvgIpc) is 3.03. The molecule has 1 N–H and O–H groups in total. The topological polar surface area (TPSA) is 56.1 Å². The van der Waals surface area contributed by atoms with E-state index in [0.29, 0.717) is 25.3 Å². The molecule has 0 fully saturated rings. The lowest BCUT2D eigenvalue weighted by Crippen LogP contribution is -2.25. The number of nitrogens with zero attached hydrogens (tertiary/aromatic N) is 2. The fourth-order valence-electron chi connectivity index (χ4n) is 3.05. The number of carbonyl (C=O) groups excluding carboxylic acids is 1. The van der Waals surface area contributed by atoms with Crippen LogP contribution in [0, 0.1) is 0 Å². The number of aryl methyl sites for hydroxylation is 1. The summed E-state index contributed by atoms with van der Waals surface area (Å²) < 4.78 is 8.64. The summed E-state index contributed by atoms with van der Waals surface area (Å²) >= 11 is 3.39. The molecule has 0 unspecified atom stereocenters. The lowest BCUT2D eigenvalue weighted by Gasteiger charge is -2.10. The summed E-state index contributed by atoms with van der Waals surface area (Å²) in [5.41, 5.74) is 2.79. The third-order valence-corrected chi connectivity index (χ3v) is 4.84. The van der Waals surface area contributed by atoms with Gasteiger partial charge in [0, 0.05) is 36.2 Å². The van der Waals surface area contributed by atoms with Gasteiger partial charge >= 0.3 is 0 Å². The quantitative estimate of drug-likeness (QED) is 0.518. The van der Waals surface area contributed by atoms with Crippen LogP contribution in [0.3, 0.4) is 0 Å². The van der Waals surface area contributed by atoms with E-state index in [4.69, 9.17) is 9.72 Å². The summed E-state index contributed by atoms with van der Waals surface area (Å²) in [5, 5.41) is 2.98. The maximum Gasteiger partial charge on any atom is 0.251 e. The van der Waals surface area contributed by atoms with Crippen molar-refractivity contribution in [3.63, 3.8) is 0 Å². The van der Waals surface area contributed by atoms with Gasteiger partial charge in [-0.15, -0.1) is 0 Å². The molecular weight excluding hydrogens is 406 g/mol. The maximum atomic E-state index is 12.2. The number of halogens is 1. The zero-order valence-corrected chi connectivity index (χ0v) is 17.0. The molecule has 1 amide bonds. The minimum absolute atomic E-state index is 0.0545. The van der Waals surface area contributed by atoms with E-state index in [9.17, 15) is 4.79 Å². The van der Waals surface area contributed by atoms with Crippen molar-refractivity contribution in [2.24, 2.45) is 0 Å². The predicted octanol–water partition coefficient (Wildman–Crippen LogP) is 4.20. The molecule has 1 aromatic heterocycles. The van der Waals surface area contributed by atoms with Crippen LogP contribution >= 0.6 is 15.9 Å². The first-order valence-corrected chi connectivity index (χ1v) is 10.0. The van der Waals surface area contributed by atoms with E-state index in [1.807, 2.05) is 49.4 Å². The molecule has 142 valence electrons. The first-order chi connectivity index (χ1) is 13.2. The molecule has 5 nitrogen and oxygen atoms in total. The van der Waals surface area contributed by atoms with Gasteiger partial charge in [0.15, 0.2) is 0 Å². The van der Waals surface area contributed by atoms with Crippen molar-refractivity contribution in [3.8, 4) is 0 Å². The normalized spacial score (nSPS) is 11.0. The predicted molar refractivity (Wildman–Crippen MR) is 111 cm³/mol. The van der Waals surface area contributed by atoms with E-state index >= 15 is 0 Å². The first kappa shape index (κ1) is 19.6. The summed E-state index contributed by atoms with van der Waals surface area (Å²) in [6, 6.07) is 15.6. The van der Waals surface area contributed by atoms with Crippen molar-refractivity contribution in [1.82, 2.24) is 14.9 Å². The third-order valence-electron chi connectivity index (χ3n) is 4.35. The molecule has 3 aromatic rings. The summed E-state index contributed by atoms with van der Waals surface area (Å²) in [7, 11) is 0. The van der Waals surface area contributed by atoms with Crippen molar-refractivity contribution in [2.45, 2.75) is 26.3 Å². The molecule has 0 saturated heterocycles. The number of nitrogens with one attached hydrogen (secondary N) is 1. The number of imidazole rings is 1. The Morgan fingerprint density at radius 1 is 1.22 bits per heavy atom. The van der Waals surface area contributed by atoms with Gasteiger partial charge in [-0.2, -0.15) is 0 Å². The minimum atomic E-state index is -0.0545. The Morgan fingerprint density at radius 3 is 2.89 bits per heavy atom. The molecule has 0 atom stereocenters. The first-order valence-electron chi connectivity index (χ1n) is 9.24. The van der Waals surface area contributed by atoms with Crippen molar-refractivity contribution in [3.05, 3.63) is 64.4 Å². The van der Waals surface area contributed by atoms with E-state index in [2.05, 4.69) is 31.9 Å². The highest BCUT2D eigenvalue weighted by Gasteiger charge is 2.11. The van der Waals surface area contributed by atoms with Crippen molar-refractivity contribution >= 4 is 32.9 Å². The van der Waals surface area contributed by atoms with Gasteiger partial charge < -0.3 is 14.6 Å². The summed E-state index contributed by atoms with van der Waals surface area (Å²) in [6.07, 6.45) is 1.64. The van der Waals surface area contributed by atoms with Gasteiger partial charge in [0.2, 0.25) is 0 Å². The molecule has 2 aromatic carbocycles. The van der Waals surface area contributed by atoms with Gasteiger partial charge in [0.25, 0.3) is 5.91 Å². The summed E-state index contributed by atoms with van der Waals surface area (Å²) in [5.74, 6) is 0.980. The number of carbonyl (C=O) groups is 1. The van der Waals surface area contributed by atoms with Crippen LogP contribution in [0.2, 0.25) is 0 Å². The Balaban J connectivity index is 1.59. The number of hydrogen-bond donors (Lipinski definition) is 1. The minimum Gasteiger partial charge on any atom is -0.380 e. The molecular formula is C21H24BrN3O2. The molecule has 0 bridgehead atoms. The van der Waals surface area contributed by atoms with Crippen LogP contribution in [0.25, 0.3) is 11.0 Å². The second kappa shape index (κ2) is 9.67. The Labute approximate surface area is 167 Å². The van der Waals surface area contributed by atoms with E-state index in [1.54, 1.807) is 0 Å². The van der Waals surface area contributed by atoms with Crippen LogP contribution in [-0.2, 0) is 17.7 Å². The molecule has 0 radical (unpaired) electrons. The highest BCUT2D eigenvalue weighted by atomic mass is 79.9. The molecule has 0 aliphatic rings. The zero-order chi connectivity index (χ0) is 19.1. The van der Waals surface area contributed by atoms with Gasteiger partial charge in [-0.1, -0.05) is 34.1 Å². The van der Waals surface area contributed by atoms with Gasteiger partial charge in [-0.25, -0.2) is 4.98 Å². The number of amides is 1. The fraction of sp³-hybridized carbons (Fsp3) is 0.333. The number of ether oxygens (including phenoxy) is 1. The standard InChI is InChI=1S/C21H24BrN3O2/c1-2-27-14-13-25-19-10-4-3-9-18(19)24-20(25)11-6-12-23-21(26)16-7-5-8-17(22)15-16/h3-5,7-10,15H,2,6,11-14H2,1H3,(H,23,26). The van der Waals surface area contributed by atoms with Crippen molar-refractivity contribution in [2.75, 3.05) is 19.8 Å². The highest BCUT2D eigenvalue weighted by Crippen LogP contribution is 2.17. The lowest BCUT2D eigenvalue weighted by atomic mass is 10.2. The number of para-hydroxylation sites is 2. The van der Waals surface area contributed by atoms with Gasteiger partial charge in [0.1, 0.15) is 5.82 Å². The molecule has 6 heteroatoms. The van der Waals surface area contributed by atoms with E-state index in [-0.39, 0.29) is 5.91 Å². The van der Waals surface area contributed by atoms with E-state index < -0.39 is 0 Å². The van der Waals surface area contributed by atoms with Crippen LogP contribution in [0.4, 0.5) is 0 Å². The maximum absolute atomic E-state index is 12.2. The number of rotatable bonds is 9. The number of fused-ring (bicyclic) bond motifs is 1. The Morgan fingerprint density at radius 2 is 2.07 bits per heavy atom. The second-order valence-electron chi connectivity index (χ2n) is 6.24. The fourth-order valence-corrected chi connectivity index (χ4v) is 3.45. The zero-order valence-electron chi connectivity index (χ0n) is 15.5. The summed E-state index contributed by atoms with van der Waals surface area (Å²) in [4.78, 5) is 17.0. The molecule has 0 aliphatic heterocycles. The van der Waals surface area contributed by atoms with Gasteiger partial charge in [-0.3, -0.25) is 4.79 Å². The summed E-state index contributed by atoms with van der Waals surface area (Å²) in [6.45, 7) is 4.78. The molecule has 1 heterocycles. The molecule has 27 heavy (non-hydrogen) atoms. The second-order valence-corrected chi connectivity index (χ2v) is 7.15. The van der Waals surface area contributed by atoms with Crippen LogP contribution < -0.4 is 5.32 Å². The number of aromatic nitrogens is 2. The SMILES string of the molecule is CCOCCn1c(CCCNC(=O)c2cccc(Br)c2)nc2ccccc21. The Hall–Kier alpha value is -2.18. The van der Waals surface area contributed by atoms with Gasteiger partial charge in [-0.05, 0) is 43.7 Å². The monoisotopic (exact) mass is 429 g/mol. The van der Waals surface area contributed by atoms with Crippen LogP contribution in [0.1, 0.15) is 29.5 Å². The number of hydrogen-bond acceptors (Lipinski definition) is 3. The average molecular weight is 430 g/mol. The van der Waals surface area contributed by atoms with Crippen molar-refractivity contribution < 1.29 is 9.53 Å². The third kappa shape index (κ3) is 5.17. The Kier molecular flexibility index (Phi) is 7.01. The van der Waals surface area contributed by atoms with Gasteiger partial charge in [0.05, 0.1) is 17.6 Å². The van der Waals surface area contributed by atoms with E-state index in [1.165, 1.54) is 0 Å². The van der Waals surface area contributed by atoms with Crippen LogP contribution in [-0.4, -0.2) is 35.2 Å². The molecule has 0 saturated carbocycles. The van der Waals surface area contributed by atoms with Crippen LogP contribution in [0.5, 0.6) is 0 Å². The highest BCUT2D eigenvalue weighted by molar-refractivity contribution is 9.10. The van der Waals surface area contributed by atoms with Crippen LogP contribution in [0.15, 0.2) is 53.0 Å². The molecule has 3 rings (SSSR count). The smallest absolute Gasteiger partial charge is 0.251 e. The largest absolute Gasteiger partial charge is 0.380 e. The number of benzene rings is 2. The lowest BCUT2D eigenvalue weighted by molar-refractivity contribution is 0.0953. The Bertz CT molecular complexity index is 907. The molecule has 0 aliphatic carbocycles. The van der Waals surface area contributed by atoms with Crippen molar-refractivity contribution in [1.29, 1.82) is 0 Å². The van der Waals surface area contributed by atoms with E-state index in [0.717, 1.165) is 40.7 Å². The molecule has 0 spiro atoms.